The lowest BCUT2D eigenvalue weighted by Gasteiger charge is -2.12. The average Bonchev–Trinajstić information content (AvgIpc) is 2.91. The van der Waals surface area contributed by atoms with Gasteiger partial charge >= 0.3 is 5.97 Å². The largest absolute Gasteiger partial charge is 0.495 e. The second-order valence-electron chi connectivity index (χ2n) is 8.01. The molecule has 0 radical (unpaired) electrons. The predicted molar refractivity (Wildman–Crippen MR) is 141 cm³/mol. The number of amides is 2. The monoisotopic (exact) mass is 498 g/mol. The van der Waals surface area contributed by atoms with Gasteiger partial charge in [0.2, 0.25) is 0 Å². The van der Waals surface area contributed by atoms with Crippen LogP contribution in [0.3, 0.4) is 0 Å². The minimum Gasteiger partial charge on any atom is -0.495 e. The molecule has 9 heteroatoms. The zero-order chi connectivity index (χ0) is 26.8. The maximum absolute atomic E-state index is 12.5. The molecule has 0 fully saturated rings. The van der Waals surface area contributed by atoms with Crippen molar-refractivity contribution in [3.05, 3.63) is 89.5 Å². The van der Waals surface area contributed by atoms with Crippen LogP contribution in [-0.4, -0.2) is 45.6 Å². The van der Waals surface area contributed by atoms with E-state index in [2.05, 4.69) is 10.6 Å². The van der Waals surface area contributed by atoms with Crippen LogP contribution >= 0.6 is 0 Å². The molecule has 0 saturated carbocycles. The summed E-state index contributed by atoms with van der Waals surface area (Å²) in [5.74, 6) is -1.31. The van der Waals surface area contributed by atoms with E-state index in [-0.39, 0.29) is 11.5 Å². The number of nitrogens with zero attached hydrogens (tertiary/aromatic N) is 2. The molecular formula is C28H26N4O5. The van der Waals surface area contributed by atoms with Crippen molar-refractivity contribution in [3.63, 3.8) is 0 Å². The number of rotatable bonds is 9. The molecule has 2 amide bonds. The molecule has 37 heavy (non-hydrogen) atoms. The van der Waals surface area contributed by atoms with Crippen LogP contribution in [0.4, 0.5) is 17.1 Å². The highest BCUT2D eigenvalue weighted by Gasteiger charge is 2.14. The molecule has 0 spiro atoms. The van der Waals surface area contributed by atoms with Crippen molar-refractivity contribution in [3.8, 4) is 11.8 Å². The highest BCUT2D eigenvalue weighted by molar-refractivity contribution is 6.05. The van der Waals surface area contributed by atoms with Crippen LogP contribution in [0, 0.1) is 11.3 Å². The van der Waals surface area contributed by atoms with E-state index < -0.39 is 18.5 Å². The van der Waals surface area contributed by atoms with Gasteiger partial charge in [-0.15, -0.1) is 0 Å². The lowest BCUT2D eigenvalue weighted by Crippen LogP contribution is -2.21. The summed E-state index contributed by atoms with van der Waals surface area (Å²) < 4.78 is 10.2. The maximum atomic E-state index is 12.5. The fourth-order valence-corrected chi connectivity index (χ4v) is 3.23. The van der Waals surface area contributed by atoms with Crippen LogP contribution in [0.15, 0.2) is 78.4 Å². The molecular weight excluding hydrogens is 472 g/mol. The number of carbonyl (C=O) groups is 3. The summed E-state index contributed by atoms with van der Waals surface area (Å²) in [5.41, 5.74) is 2.71. The van der Waals surface area contributed by atoms with Gasteiger partial charge in [-0.05, 0) is 60.2 Å². The van der Waals surface area contributed by atoms with Crippen molar-refractivity contribution in [1.82, 2.24) is 0 Å². The molecule has 0 aliphatic heterocycles. The molecule has 3 rings (SSSR count). The third kappa shape index (κ3) is 7.44. The van der Waals surface area contributed by atoms with Gasteiger partial charge in [0.25, 0.3) is 11.8 Å². The van der Waals surface area contributed by atoms with Crippen LogP contribution in [-0.2, 0) is 14.3 Å². The lowest BCUT2D eigenvalue weighted by atomic mass is 10.1. The Labute approximate surface area is 214 Å². The van der Waals surface area contributed by atoms with E-state index in [9.17, 15) is 19.6 Å². The van der Waals surface area contributed by atoms with E-state index in [1.165, 1.54) is 13.2 Å². The molecule has 2 N–H and O–H groups in total. The second kappa shape index (κ2) is 12.6. The third-order valence-corrected chi connectivity index (χ3v) is 5.18. The number of hydrogen-bond donors (Lipinski definition) is 2. The van der Waals surface area contributed by atoms with Crippen LogP contribution < -0.4 is 20.3 Å². The van der Waals surface area contributed by atoms with Gasteiger partial charge in [-0.3, -0.25) is 9.59 Å². The molecule has 0 aromatic heterocycles. The molecule has 0 unspecified atom stereocenters. The number of methoxy groups -OCH3 is 1. The minimum absolute atomic E-state index is 0.226. The summed E-state index contributed by atoms with van der Waals surface area (Å²) in [6.45, 7) is -0.576. The summed E-state index contributed by atoms with van der Waals surface area (Å²) in [4.78, 5) is 38.9. The van der Waals surface area contributed by atoms with E-state index in [0.29, 0.717) is 28.3 Å². The van der Waals surface area contributed by atoms with E-state index in [1.807, 2.05) is 31.1 Å². The first-order chi connectivity index (χ1) is 17.8. The molecule has 188 valence electrons. The van der Waals surface area contributed by atoms with Gasteiger partial charge in [0, 0.05) is 31.0 Å². The normalized spacial score (nSPS) is 10.6. The SMILES string of the molecule is COc1ccccc1NC(=O)c1ccc(NC(=O)COC(=O)/C(C#N)=C/c2ccc(N(C)C)cc2)cc1. The Bertz CT molecular complexity index is 1340. The van der Waals surface area contributed by atoms with Crippen molar-refractivity contribution in [1.29, 1.82) is 5.26 Å². The van der Waals surface area contributed by atoms with Crippen LogP contribution in [0.25, 0.3) is 6.08 Å². The number of benzene rings is 3. The third-order valence-electron chi connectivity index (χ3n) is 5.18. The fourth-order valence-electron chi connectivity index (χ4n) is 3.23. The van der Waals surface area contributed by atoms with Gasteiger partial charge in [-0.2, -0.15) is 5.26 Å². The van der Waals surface area contributed by atoms with Crippen LogP contribution in [0.2, 0.25) is 0 Å². The Kier molecular flexibility index (Phi) is 9.00. The topological polar surface area (TPSA) is 121 Å². The van der Waals surface area contributed by atoms with Gasteiger partial charge < -0.3 is 25.0 Å². The van der Waals surface area contributed by atoms with Gasteiger partial charge in [-0.1, -0.05) is 24.3 Å². The number of carbonyl (C=O) groups excluding carboxylic acids is 3. The molecule has 0 saturated heterocycles. The van der Waals surface area contributed by atoms with Gasteiger partial charge in [-0.25, -0.2) is 4.79 Å². The van der Waals surface area contributed by atoms with Crippen molar-refractivity contribution in [2.45, 2.75) is 0 Å². The molecule has 0 aliphatic carbocycles. The average molecular weight is 499 g/mol. The summed E-state index contributed by atoms with van der Waals surface area (Å²) in [6.07, 6.45) is 1.40. The number of anilines is 3. The van der Waals surface area contributed by atoms with Crippen molar-refractivity contribution in [2.75, 3.05) is 43.3 Å². The van der Waals surface area contributed by atoms with Crippen LogP contribution in [0.5, 0.6) is 5.75 Å². The molecule has 3 aromatic rings. The first-order valence-electron chi connectivity index (χ1n) is 11.2. The summed E-state index contributed by atoms with van der Waals surface area (Å²) in [5, 5.41) is 14.7. The molecule has 3 aromatic carbocycles. The summed E-state index contributed by atoms with van der Waals surface area (Å²) in [7, 11) is 5.33. The smallest absolute Gasteiger partial charge is 0.349 e. The molecule has 0 heterocycles. The van der Waals surface area contributed by atoms with Crippen LogP contribution in [0.1, 0.15) is 15.9 Å². The number of nitriles is 1. The van der Waals surface area contributed by atoms with E-state index >= 15 is 0 Å². The van der Waals surface area contributed by atoms with E-state index in [4.69, 9.17) is 9.47 Å². The predicted octanol–water partition coefficient (Wildman–Crippen LogP) is 4.10. The minimum atomic E-state index is -0.905. The standard InChI is InChI=1S/C28H26N4O5/c1-32(2)23-14-8-19(9-15-23)16-21(17-29)28(35)37-18-26(33)30-22-12-10-20(11-13-22)27(34)31-24-6-4-5-7-25(24)36-3/h4-16H,18H2,1-3H3,(H,30,33)(H,31,34)/b21-16+. The van der Waals surface area contributed by atoms with Gasteiger partial charge in [0.1, 0.15) is 17.4 Å². The Morgan fingerprint density at radius 3 is 2.24 bits per heavy atom. The highest BCUT2D eigenvalue weighted by Crippen LogP contribution is 2.24. The Hall–Kier alpha value is -5.10. The number of para-hydroxylation sites is 2. The Morgan fingerprint density at radius 2 is 1.62 bits per heavy atom. The highest BCUT2D eigenvalue weighted by atomic mass is 16.5. The quantitative estimate of drug-likeness (QED) is 0.259. The van der Waals surface area contributed by atoms with Crippen molar-refractivity contribution in [2.24, 2.45) is 0 Å². The van der Waals surface area contributed by atoms with Crippen molar-refractivity contribution >= 4 is 40.9 Å². The Balaban J connectivity index is 1.53. The zero-order valence-corrected chi connectivity index (χ0v) is 20.6. The summed E-state index contributed by atoms with van der Waals surface area (Å²) >= 11 is 0. The zero-order valence-electron chi connectivity index (χ0n) is 20.6. The molecule has 9 nitrogen and oxygen atoms in total. The molecule has 0 bridgehead atoms. The molecule has 0 atom stereocenters. The van der Waals surface area contributed by atoms with Gasteiger partial charge in [0.05, 0.1) is 12.8 Å². The van der Waals surface area contributed by atoms with Gasteiger partial charge in [0.15, 0.2) is 6.61 Å². The maximum Gasteiger partial charge on any atom is 0.349 e. The fraction of sp³-hybridized carbons (Fsp3) is 0.143. The first-order valence-corrected chi connectivity index (χ1v) is 11.2. The lowest BCUT2D eigenvalue weighted by molar-refractivity contribution is -0.142. The number of hydrogen-bond acceptors (Lipinski definition) is 7. The number of esters is 1. The van der Waals surface area contributed by atoms with E-state index in [1.54, 1.807) is 66.7 Å². The summed E-state index contributed by atoms with van der Waals surface area (Å²) in [6, 6.07) is 22.3. The Morgan fingerprint density at radius 1 is 0.946 bits per heavy atom. The van der Waals surface area contributed by atoms with E-state index in [0.717, 1.165) is 5.69 Å². The second-order valence-corrected chi connectivity index (χ2v) is 8.01. The first kappa shape index (κ1) is 26.5. The number of nitrogens with one attached hydrogen (secondary N) is 2. The molecule has 0 aliphatic rings. The van der Waals surface area contributed by atoms with Crippen molar-refractivity contribution < 1.29 is 23.9 Å². The number of ether oxygens (including phenoxy) is 2.